The topological polar surface area (TPSA) is 143 Å². The molecule has 1 aliphatic rings. The number of phenols is 1. The van der Waals surface area contributed by atoms with Crippen molar-refractivity contribution in [1.82, 2.24) is 0 Å². The number of aromatic hydroxyl groups is 1. The van der Waals surface area contributed by atoms with Gasteiger partial charge in [-0.25, -0.2) is 9.79 Å². The smallest absolute Gasteiger partial charge is 0.344 e. The molecule has 0 unspecified atom stereocenters. The highest BCUT2D eigenvalue weighted by Gasteiger charge is 2.33. The molecule has 0 atom stereocenters. The molecule has 0 aromatic heterocycles. The zero-order chi connectivity index (χ0) is 31.9. The number of amides is 1. The molecule has 4 aromatic rings. The number of benzene rings is 4. The minimum Gasteiger partial charge on any atom is -0.506 e. The molecule has 4 aromatic carbocycles. The van der Waals surface area contributed by atoms with Crippen molar-refractivity contribution in [2.75, 3.05) is 17.7 Å². The van der Waals surface area contributed by atoms with Gasteiger partial charge in [-0.2, -0.15) is 0 Å². The molecule has 0 radical (unpaired) electrons. The van der Waals surface area contributed by atoms with Crippen LogP contribution in [-0.2, 0) is 16.1 Å². The van der Waals surface area contributed by atoms with E-state index in [4.69, 9.17) is 15.2 Å². The number of aliphatic hydroxyl groups is 1. The van der Waals surface area contributed by atoms with Gasteiger partial charge in [0.2, 0.25) is 0 Å². The fourth-order valence-corrected chi connectivity index (χ4v) is 5.59. The molecule has 0 fully saturated rings. The number of hydrogen-bond acceptors (Lipinski definition) is 9. The maximum Gasteiger partial charge on any atom is 0.344 e. The fourth-order valence-electron chi connectivity index (χ4n) is 4.56. The summed E-state index contributed by atoms with van der Waals surface area (Å²) in [6.07, 6.45) is 1.64. The van der Waals surface area contributed by atoms with Crippen molar-refractivity contribution in [2.45, 2.75) is 20.5 Å². The van der Waals surface area contributed by atoms with Crippen LogP contribution in [0.1, 0.15) is 34.0 Å². The molecule has 10 heteroatoms. The summed E-state index contributed by atoms with van der Waals surface area (Å²) >= 11 is 1.13. The maximum absolute atomic E-state index is 12.7. The number of rotatable bonds is 9. The van der Waals surface area contributed by atoms with Crippen LogP contribution in [0, 0.1) is 6.92 Å². The Hall–Kier alpha value is -5.48. The molecule has 1 amide bonds. The third-order valence-corrected chi connectivity index (χ3v) is 7.60. The number of nitrogens with two attached hydrogens (primary N) is 1. The van der Waals surface area contributed by atoms with E-state index in [2.05, 4.69) is 10.3 Å². The zero-order valence-electron chi connectivity index (χ0n) is 24.6. The number of aliphatic hydroxyl groups excluding tert-OH is 1. The van der Waals surface area contributed by atoms with E-state index in [-0.39, 0.29) is 42.0 Å². The molecule has 0 bridgehead atoms. The monoisotopic (exact) mass is 621 g/mol. The highest BCUT2D eigenvalue weighted by molar-refractivity contribution is 8.18. The van der Waals surface area contributed by atoms with Gasteiger partial charge in [-0.3, -0.25) is 4.79 Å². The summed E-state index contributed by atoms with van der Waals surface area (Å²) in [5.41, 5.74) is 10.3. The summed E-state index contributed by atoms with van der Waals surface area (Å²) in [7, 11) is 0. The predicted molar refractivity (Wildman–Crippen MR) is 178 cm³/mol. The summed E-state index contributed by atoms with van der Waals surface area (Å²) in [6.45, 7) is 3.84. The third-order valence-electron chi connectivity index (χ3n) is 6.58. The van der Waals surface area contributed by atoms with Crippen LogP contribution < -0.4 is 15.8 Å². The van der Waals surface area contributed by atoms with Gasteiger partial charge in [0.1, 0.15) is 23.0 Å². The molecular weight excluding hydrogens is 590 g/mol. The number of aliphatic imine (C=N–C) groups is 1. The van der Waals surface area contributed by atoms with Gasteiger partial charge in [0.15, 0.2) is 11.5 Å². The Morgan fingerprint density at radius 1 is 0.978 bits per heavy atom. The molecule has 1 aliphatic heterocycles. The van der Waals surface area contributed by atoms with E-state index in [0.717, 1.165) is 22.9 Å². The van der Waals surface area contributed by atoms with Crippen molar-refractivity contribution in [3.05, 3.63) is 129 Å². The van der Waals surface area contributed by atoms with Crippen LogP contribution in [0.25, 0.3) is 6.08 Å². The highest BCUT2D eigenvalue weighted by Crippen LogP contribution is 2.41. The number of carbonyl (C=O) groups is 2. The first-order valence-electron chi connectivity index (χ1n) is 14.1. The van der Waals surface area contributed by atoms with E-state index in [0.29, 0.717) is 38.1 Å². The van der Waals surface area contributed by atoms with Gasteiger partial charge in [-0.1, -0.05) is 48.2 Å². The van der Waals surface area contributed by atoms with Crippen LogP contribution in [-0.4, -0.2) is 33.7 Å². The SMILES string of the molecule is CCOC(=O)C1=C(O)/C(=C/c2ccc(OCc3cccc(NC(=O)c4cc(C)cc(N)c4)c3)c(O)c2)SC1=Nc1ccccc1. The number of nitrogens with one attached hydrogen (secondary N) is 1. The van der Waals surface area contributed by atoms with Crippen molar-refractivity contribution in [3.63, 3.8) is 0 Å². The van der Waals surface area contributed by atoms with E-state index < -0.39 is 5.97 Å². The van der Waals surface area contributed by atoms with Crippen molar-refractivity contribution in [3.8, 4) is 11.5 Å². The lowest BCUT2D eigenvalue weighted by Gasteiger charge is -2.11. The Kier molecular flexibility index (Phi) is 9.54. The van der Waals surface area contributed by atoms with E-state index >= 15 is 0 Å². The number of aryl methyl sites for hydroxylation is 1. The number of para-hydroxylation sites is 1. The Labute approximate surface area is 264 Å². The summed E-state index contributed by atoms with van der Waals surface area (Å²) in [5, 5.41) is 24.8. The number of nitrogens with zero attached hydrogens (tertiary/aromatic N) is 1. The molecule has 45 heavy (non-hydrogen) atoms. The first kappa shape index (κ1) is 31.0. The summed E-state index contributed by atoms with van der Waals surface area (Å²) in [6, 6.07) is 26.3. The minimum absolute atomic E-state index is 0.0115. The quantitative estimate of drug-likeness (QED) is 0.113. The third kappa shape index (κ3) is 7.73. The minimum atomic E-state index is -0.671. The highest BCUT2D eigenvalue weighted by atomic mass is 32.2. The van der Waals surface area contributed by atoms with Crippen LogP contribution in [0.5, 0.6) is 11.5 Å². The van der Waals surface area contributed by atoms with Gasteiger partial charge in [0, 0.05) is 16.9 Å². The summed E-state index contributed by atoms with van der Waals surface area (Å²) in [5.74, 6) is -1.05. The lowest BCUT2D eigenvalue weighted by molar-refractivity contribution is -0.138. The largest absolute Gasteiger partial charge is 0.506 e. The summed E-state index contributed by atoms with van der Waals surface area (Å²) < 4.78 is 11.0. The first-order valence-corrected chi connectivity index (χ1v) is 14.9. The number of phenolic OH excluding ortho intramolecular Hbond substituents is 1. The van der Waals surface area contributed by atoms with E-state index in [9.17, 15) is 19.8 Å². The van der Waals surface area contributed by atoms with Crippen molar-refractivity contribution < 1.29 is 29.3 Å². The number of nitrogen functional groups attached to an aromatic ring is 1. The van der Waals surface area contributed by atoms with Crippen LogP contribution >= 0.6 is 11.8 Å². The standard InChI is InChI=1S/C35H31N3O6S/c1-3-43-35(42)31-32(40)30(45-34(31)38-26-9-5-4-6-10-26)18-22-12-13-29(28(39)17-22)44-20-23-8-7-11-27(16-23)37-33(41)24-14-21(2)15-25(36)19-24/h4-19,39-40H,3,20,36H2,1-2H3,(H,37,41)/b30-18-,38-34?. The number of carbonyl (C=O) groups excluding carboxylic acids is 2. The van der Waals surface area contributed by atoms with Gasteiger partial charge in [0.25, 0.3) is 5.91 Å². The Morgan fingerprint density at radius 3 is 2.51 bits per heavy atom. The molecule has 0 saturated carbocycles. The van der Waals surface area contributed by atoms with E-state index in [1.165, 1.54) is 6.07 Å². The summed E-state index contributed by atoms with van der Waals surface area (Å²) in [4.78, 5) is 30.3. The Morgan fingerprint density at radius 2 is 1.78 bits per heavy atom. The van der Waals surface area contributed by atoms with Gasteiger partial charge in [-0.15, -0.1) is 0 Å². The second-order valence-electron chi connectivity index (χ2n) is 10.1. The molecule has 0 aliphatic carbocycles. The Balaban J connectivity index is 1.29. The van der Waals surface area contributed by atoms with Crippen LogP contribution in [0.4, 0.5) is 17.1 Å². The number of thioether (sulfide) groups is 1. The molecular formula is C35H31N3O6S. The van der Waals surface area contributed by atoms with Crippen molar-refractivity contribution in [1.29, 1.82) is 0 Å². The van der Waals surface area contributed by atoms with Gasteiger partial charge in [0.05, 0.1) is 17.2 Å². The molecule has 1 heterocycles. The molecule has 228 valence electrons. The normalized spacial score (nSPS) is 14.5. The number of hydrogen-bond donors (Lipinski definition) is 4. The lowest BCUT2D eigenvalue weighted by atomic mass is 10.1. The predicted octanol–water partition coefficient (Wildman–Crippen LogP) is 7.31. The number of esters is 1. The van der Waals surface area contributed by atoms with Crippen LogP contribution in [0.15, 0.2) is 112 Å². The zero-order valence-corrected chi connectivity index (χ0v) is 25.4. The molecule has 0 saturated heterocycles. The number of anilines is 2. The fraction of sp³-hybridized carbons (Fsp3) is 0.114. The van der Waals surface area contributed by atoms with Crippen molar-refractivity contribution in [2.24, 2.45) is 4.99 Å². The lowest BCUT2D eigenvalue weighted by Crippen LogP contribution is -2.12. The second kappa shape index (κ2) is 13.9. The molecule has 0 spiro atoms. The van der Waals surface area contributed by atoms with Crippen LogP contribution in [0.3, 0.4) is 0 Å². The van der Waals surface area contributed by atoms with Gasteiger partial charge < -0.3 is 30.7 Å². The van der Waals surface area contributed by atoms with Crippen molar-refractivity contribution >= 4 is 51.8 Å². The molecule has 5 rings (SSSR count). The molecule has 9 nitrogen and oxygen atoms in total. The van der Waals surface area contributed by atoms with E-state index in [1.807, 2.05) is 31.2 Å². The van der Waals surface area contributed by atoms with Gasteiger partial charge in [-0.05, 0) is 91.2 Å². The maximum atomic E-state index is 12.7. The Bertz CT molecular complexity index is 1830. The molecule has 5 N–H and O–H groups in total. The van der Waals surface area contributed by atoms with Gasteiger partial charge >= 0.3 is 5.97 Å². The average Bonchev–Trinajstić information content (AvgIpc) is 3.30. The van der Waals surface area contributed by atoms with E-state index in [1.54, 1.807) is 73.7 Å². The number of ether oxygens (including phenoxy) is 2. The van der Waals surface area contributed by atoms with Crippen LogP contribution in [0.2, 0.25) is 0 Å². The first-order chi connectivity index (χ1) is 21.7. The second-order valence-corrected chi connectivity index (χ2v) is 11.1. The average molecular weight is 622 g/mol.